The van der Waals surface area contributed by atoms with Gasteiger partial charge in [0.25, 0.3) is 0 Å². The summed E-state index contributed by atoms with van der Waals surface area (Å²) in [5.41, 5.74) is 1.19. The van der Waals surface area contributed by atoms with E-state index in [-0.39, 0.29) is 11.7 Å². The second-order valence-corrected chi connectivity index (χ2v) is 4.65. The number of hydrogen-bond donors (Lipinski definition) is 0. The average Bonchev–Trinajstić information content (AvgIpc) is 2.39. The smallest absolute Gasteiger partial charge is 0.132 e. The predicted octanol–water partition coefficient (Wildman–Crippen LogP) is 5.40. The molecule has 0 saturated heterocycles. The van der Waals surface area contributed by atoms with E-state index >= 15 is 0 Å². The van der Waals surface area contributed by atoms with E-state index in [2.05, 4.69) is 0 Å². The van der Waals surface area contributed by atoms with Crippen molar-refractivity contribution in [1.29, 1.82) is 0 Å². The molecule has 0 nitrogen and oxygen atoms in total. The number of benzene rings is 2. The highest BCUT2D eigenvalue weighted by Gasteiger charge is 2.09. The highest BCUT2D eigenvalue weighted by atomic mass is 35.5. The Kier molecular flexibility index (Phi) is 4.56. The third-order valence-corrected chi connectivity index (χ3v) is 3.18. The molecule has 2 aromatic carbocycles. The van der Waals surface area contributed by atoms with Gasteiger partial charge in [0.05, 0.1) is 0 Å². The van der Waals surface area contributed by atoms with Gasteiger partial charge in [0.2, 0.25) is 0 Å². The van der Waals surface area contributed by atoms with E-state index in [4.69, 9.17) is 23.2 Å². The highest BCUT2D eigenvalue weighted by Crippen LogP contribution is 2.25. The number of hydrogen-bond acceptors (Lipinski definition) is 0. The van der Waals surface area contributed by atoms with Crippen LogP contribution in [0.3, 0.4) is 0 Å². The molecule has 4 heteroatoms. The standard InChI is InChI=1S/C15H10Cl2F2/c16-9-11(7-10-3-1-2-4-14(10)18)13-6-5-12(17)8-15(13)19/h1-8H,9H2. The molecule has 0 radical (unpaired) electrons. The summed E-state index contributed by atoms with van der Waals surface area (Å²) in [5, 5.41) is 0.307. The predicted molar refractivity (Wildman–Crippen MR) is 76.4 cm³/mol. The zero-order chi connectivity index (χ0) is 13.8. The van der Waals surface area contributed by atoms with Gasteiger partial charge in [-0.1, -0.05) is 35.9 Å². The molecule has 0 amide bonds. The lowest BCUT2D eigenvalue weighted by atomic mass is 10.0. The summed E-state index contributed by atoms with van der Waals surface area (Å²) in [4.78, 5) is 0. The summed E-state index contributed by atoms with van der Waals surface area (Å²) >= 11 is 11.5. The minimum absolute atomic E-state index is 0.0763. The summed E-state index contributed by atoms with van der Waals surface area (Å²) in [7, 11) is 0. The average molecular weight is 299 g/mol. The fourth-order valence-corrected chi connectivity index (χ4v) is 2.10. The van der Waals surface area contributed by atoms with Crippen LogP contribution in [0.2, 0.25) is 5.02 Å². The Hall–Kier alpha value is -1.38. The Morgan fingerprint density at radius 2 is 1.79 bits per heavy atom. The summed E-state index contributed by atoms with van der Waals surface area (Å²) in [6.45, 7) is 0. The fourth-order valence-electron chi connectivity index (χ4n) is 1.72. The Labute approximate surface area is 120 Å². The Morgan fingerprint density at radius 1 is 1.05 bits per heavy atom. The SMILES string of the molecule is Fc1ccccc1C=C(CCl)c1ccc(Cl)cc1F. The van der Waals surface area contributed by atoms with Gasteiger partial charge in [0.15, 0.2) is 0 Å². The van der Waals surface area contributed by atoms with Gasteiger partial charge in [-0.3, -0.25) is 0 Å². The highest BCUT2D eigenvalue weighted by molar-refractivity contribution is 6.30. The van der Waals surface area contributed by atoms with Crippen LogP contribution in [0.15, 0.2) is 42.5 Å². The first kappa shape index (κ1) is 14.0. The van der Waals surface area contributed by atoms with E-state index in [1.54, 1.807) is 24.3 Å². The molecule has 0 aliphatic rings. The maximum atomic E-state index is 13.8. The van der Waals surface area contributed by atoms with E-state index in [0.29, 0.717) is 21.7 Å². The van der Waals surface area contributed by atoms with E-state index in [1.165, 1.54) is 24.3 Å². The minimum Gasteiger partial charge on any atom is -0.206 e. The van der Waals surface area contributed by atoms with Gasteiger partial charge < -0.3 is 0 Å². The van der Waals surface area contributed by atoms with Gasteiger partial charge in [-0.05, 0) is 29.8 Å². The van der Waals surface area contributed by atoms with Crippen molar-refractivity contribution >= 4 is 34.9 Å². The van der Waals surface area contributed by atoms with E-state index < -0.39 is 5.82 Å². The number of alkyl halides is 1. The van der Waals surface area contributed by atoms with Crippen LogP contribution in [0.4, 0.5) is 8.78 Å². The van der Waals surface area contributed by atoms with E-state index in [9.17, 15) is 8.78 Å². The van der Waals surface area contributed by atoms with Crippen LogP contribution in [0, 0.1) is 11.6 Å². The first-order valence-corrected chi connectivity index (χ1v) is 6.49. The van der Waals surface area contributed by atoms with Crippen LogP contribution in [-0.2, 0) is 0 Å². The van der Waals surface area contributed by atoms with Gasteiger partial charge in [-0.25, -0.2) is 8.78 Å². The molecule has 0 bridgehead atoms. The fraction of sp³-hybridized carbons (Fsp3) is 0.0667. The Morgan fingerprint density at radius 3 is 2.42 bits per heavy atom. The number of allylic oxidation sites excluding steroid dienone is 1. The van der Waals surface area contributed by atoms with Gasteiger partial charge >= 0.3 is 0 Å². The van der Waals surface area contributed by atoms with Gasteiger partial charge in [0.1, 0.15) is 11.6 Å². The first-order valence-electron chi connectivity index (χ1n) is 5.58. The zero-order valence-electron chi connectivity index (χ0n) is 9.84. The van der Waals surface area contributed by atoms with Crippen molar-refractivity contribution in [2.75, 3.05) is 5.88 Å². The van der Waals surface area contributed by atoms with Crippen molar-refractivity contribution in [3.63, 3.8) is 0 Å². The van der Waals surface area contributed by atoms with Crippen molar-refractivity contribution in [2.24, 2.45) is 0 Å². The molecule has 0 aliphatic heterocycles. The number of rotatable bonds is 3. The van der Waals surface area contributed by atoms with Crippen molar-refractivity contribution in [3.8, 4) is 0 Å². The van der Waals surface area contributed by atoms with Crippen LogP contribution < -0.4 is 0 Å². The van der Waals surface area contributed by atoms with Crippen molar-refractivity contribution in [3.05, 3.63) is 70.2 Å². The third kappa shape index (κ3) is 3.34. The Balaban J connectivity index is 2.48. The molecule has 98 valence electrons. The quantitative estimate of drug-likeness (QED) is 0.526. The van der Waals surface area contributed by atoms with Crippen LogP contribution in [0.1, 0.15) is 11.1 Å². The minimum atomic E-state index is -0.476. The lowest BCUT2D eigenvalue weighted by Gasteiger charge is -2.07. The van der Waals surface area contributed by atoms with E-state index in [1.807, 2.05) is 0 Å². The molecular weight excluding hydrogens is 289 g/mol. The maximum Gasteiger partial charge on any atom is 0.132 e. The normalized spacial score (nSPS) is 11.7. The molecule has 0 saturated carbocycles. The second-order valence-electron chi connectivity index (χ2n) is 3.95. The second kappa shape index (κ2) is 6.18. The molecule has 0 atom stereocenters. The van der Waals surface area contributed by atoms with Crippen LogP contribution >= 0.6 is 23.2 Å². The largest absolute Gasteiger partial charge is 0.206 e. The van der Waals surface area contributed by atoms with Crippen molar-refractivity contribution in [1.82, 2.24) is 0 Å². The first-order chi connectivity index (χ1) is 9.11. The summed E-state index contributed by atoms with van der Waals surface area (Å²) < 4.78 is 27.4. The molecule has 2 aromatic rings. The van der Waals surface area contributed by atoms with Crippen molar-refractivity contribution in [2.45, 2.75) is 0 Å². The summed E-state index contributed by atoms with van der Waals surface area (Å²) in [6.07, 6.45) is 1.54. The molecular formula is C15H10Cl2F2. The van der Waals surface area contributed by atoms with Crippen LogP contribution in [-0.4, -0.2) is 5.88 Å². The van der Waals surface area contributed by atoms with Gasteiger partial charge in [-0.2, -0.15) is 0 Å². The van der Waals surface area contributed by atoms with Gasteiger partial charge in [-0.15, -0.1) is 11.6 Å². The van der Waals surface area contributed by atoms with Crippen LogP contribution in [0.5, 0.6) is 0 Å². The summed E-state index contributed by atoms with van der Waals surface area (Å²) in [6, 6.07) is 10.6. The van der Waals surface area contributed by atoms with Crippen LogP contribution in [0.25, 0.3) is 11.6 Å². The molecule has 0 fully saturated rings. The lowest BCUT2D eigenvalue weighted by Crippen LogP contribution is -1.92. The Bertz CT molecular complexity index is 621. The topological polar surface area (TPSA) is 0 Å². The molecule has 2 rings (SSSR count). The lowest BCUT2D eigenvalue weighted by molar-refractivity contribution is 0.623. The molecule has 19 heavy (non-hydrogen) atoms. The molecule has 0 spiro atoms. The van der Waals surface area contributed by atoms with Gasteiger partial charge in [0, 0.05) is 22.0 Å². The molecule has 0 aromatic heterocycles. The summed E-state index contributed by atoms with van der Waals surface area (Å²) in [5.74, 6) is -0.775. The zero-order valence-corrected chi connectivity index (χ0v) is 11.3. The third-order valence-electron chi connectivity index (χ3n) is 2.66. The molecule has 0 N–H and O–H groups in total. The maximum absolute atomic E-state index is 13.8. The monoisotopic (exact) mass is 298 g/mol. The van der Waals surface area contributed by atoms with Crippen molar-refractivity contribution < 1.29 is 8.78 Å². The number of halogens is 4. The molecule has 0 heterocycles. The van der Waals surface area contributed by atoms with E-state index in [0.717, 1.165) is 0 Å². The molecule has 0 unspecified atom stereocenters. The molecule has 0 aliphatic carbocycles.